The van der Waals surface area contributed by atoms with Crippen molar-refractivity contribution in [3.63, 3.8) is 0 Å². The van der Waals surface area contributed by atoms with Crippen LogP contribution in [-0.4, -0.2) is 42.1 Å². The molecule has 4 aliphatic rings. The van der Waals surface area contributed by atoms with E-state index < -0.39 is 17.9 Å². The first kappa shape index (κ1) is 28.6. The Hall–Kier alpha value is -1.43. The standard InChI is InChI=1S/C31H50O6/c1-7-20-25-17-19(32)12-14-31(25,6)24-13-15-30(5)22(10-11-23(30)26(24)27(20)33)18(4)16-21(28(34)36-8-2)29(35)37-9-3/h18,20-27,33H,7-17H2,1-6H3/t18-,20-,22-,23+,24+,25?,26?,27-,30?,31?/m1/s1. The maximum absolute atomic E-state index is 12.7. The third kappa shape index (κ3) is 4.78. The zero-order chi connectivity index (χ0) is 27.1. The van der Waals surface area contributed by atoms with Crippen LogP contribution in [0, 0.1) is 58.2 Å². The van der Waals surface area contributed by atoms with Gasteiger partial charge in [0.05, 0.1) is 19.3 Å². The molecule has 0 heterocycles. The van der Waals surface area contributed by atoms with Gasteiger partial charge in [0.2, 0.25) is 0 Å². The zero-order valence-corrected chi connectivity index (χ0v) is 24.0. The highest BCUT2D eigenvalue weighted by molar-refractivity contribution is 5.94. The Morgan fingerprint density at radius 2 is 1.57 bits per heavy atom. The molecule has 4 aliphatic carbocycles. The second kappa shape index (κ2) is 11.0. The number of hydrogen-bond acceptors (Lipinski definition) is 6. The molecule has 4 unspecified atom stereocenters. The predicted octanol–water partition coefficient (Wildman–Crippen LogP) is 5.59. The number of carbonyl (C=O) groups excluding carboxylic acids is 3. The lowest BCUT2D eigenvalue weighted by atomic mass is 9.41. The molecule has 10 atom stereocenters. The summed E-state index contributed by atoms with van der Waals surface area (Å²) < 4.78 is 10.5. The lowest BCUT2D eigenvalue weighted by molar-refractivity contribution is -0.194. The summed E-state index contributed by atoms with van der Waals surface area (Å²) >= 11 is 0. The van der Waals surface area contributed by atoms with Gasteiger partial charge in [0.25, 0.3) is 0 Å². The molecule has 210 valence electrons. The fourth-order valence-electron chi connectivity index (χ4n) is 10.1. The van der Waals surface area contributed by atoms with E-state index in [1.54, 1.807) is 13.8 Å². The minimum absolute atomic E-state index is 0.0708. The minimum atomic E-state index is -0.877. The summed E-state index contributed by atoms with van der Waals surface area (Å²) in [6.07, 6.45) is 7.65. The molecule has 4 fully saturated rings. The summed E-state index contributed by atoms with van der Waals surface area (Å²) in [5.74, 6) is 0.741. The number of fused-ring (bicyclic) bond motifs is 5. The predicted molar refractivity (Wildman–Crippen MR) is 141 cm³/mol. The zero-order valence-electron chi connectivity index (χ0n) is 24.0. The quantitative estimate of drug-likeness (QED) is 0.333. The Bertz CT molecular complexity index is 852. The van der Waals surface area contributed by atoms with Gasteiger partial charge in [-0.15, -0.1) is 0 Å². The van der Waals surface area contributed by atoms with Gasteiger partial charge < -0.3 is 14.6 Å². The number of aliphatic hydroxyl groups excluding tert-OH is 1. The van der Waals surface area contributed by atoms with Crippen molar-refractivity contribution in [2.75, 3.05) is 13.2 Å². The van der Waals surface area contributed by atoms with Gasteiger partial charge in [0.15, 0.2) is 5.92 Å². The normalized spacial score (nSPS) is 41.9. The third-order valence-corrected chi connectivity index (χ3v) is 11.7. The summed E-state index contributed by atoms with van der Waals surface area (Å²) in [5, 5.41) is 11.9. The fourth-order valence-corrected chi connectivity index (χ4v) is 10.1. The first-order valence-electron chi connectivity index (χ1n) is 15.1. The monoisotopic (exact) mass is 518 g/mol. The third-order valence-electron chi connectivity index (χ3n) is 11.7. The molecule has 0 radical (unpaired) electrons. The van der Waals surface area contributed by atoms with Gasteiger partial charge in [0, 0.05) is 12.8 Å². The van der Waals surface area contributed by atoms with E-state index in [9.17, 15) is 19.5 Å². The van der Waals surface area contributed by atoms with Gasteiger partial charge in [-0.05, 0) is 105 Å². The van der Waals surface area contributed by atoms with Crippen LogP contribution in [0.1, 0.15) is 99.3 Å². The number of rotatable bonds is 8. The molecular weight excluding hydrogens is 468 g/mol. The highest BCUT2D eigenvalue weighted by Gasteiger charge is 2.65. The highest BCUT2D eigenvalue weighted by Crippen LogP contribution is 2.69. The summed E-state index contributed by atoms with van der Waals surface area (Å²) in [6, 6.07) is 0. The van der Waals surface area contributed by atoms with E-state index in [0.717, 1.165) is 38.5 Å². The average Bonchev–Trinajstić information content (AvgIpc) is 3.21. The van der Waals surface area contributed by atoms with Crippen molar-refractivity contribution >= 4 is 17.7 Å². The van der Waals surface area contributed by atoms with Crippen LogP contribution in [0.25, 0.3) is 0 Å². The van der Waals surface area contributed by atoms with Gasteiger partial charge in [-0.25, -0.2) is 0 Å². The molecule has 0 amide bonds. The molecule has 0 aromatic rings. The van der Waals surface area contributed by atoms with Crippen LogP contribution >= 0.6 is 0 Å². The number of Topliss-reactive ketones (excluding diaryl/α,β-unsaturated/α-hetero) is 1. The van der Waals surface area contributed by atoms with Crippen LogP contribution in [0.4, 0.5) is 0 Å². The van der Waals surface area contributed by atoms with Crippen molar-refractivity contribution in [3.8, 4) is 0 Å². The van der Waals surface area contributed by atoms with Crippen molar-refractivity contribution in [3.05, 3.63) is 0 Å². The minimum Gasteiger partial charge on any atom is -0.465 e. The first-order valence-corrected chi connectivity index (χ1v) is 15.1. The van der Waals surface area contributed by atoms with Crippen LogP contribution in [0.3, 0.4) is 0 Å². The summed E-state index contributed by atoms with van der Waals surface area (Å²) in [7, 11) is 0. The van der Waals surface area contributed by atoms with E-state index in [0.29, 0.717) is 48.7 Å². The summed E-state index contributed by atoms with van der Waals surface area (Å²) in [5.41, 5.74) is 0.198. The van der Waals surface area contributed by atoms with Crippen molar-refractivity contribution in [2.45, 2.75) is 105 Å². The SMILES string of the molecule is CCOC(=O)C(C[C@@H](C)[C@H]1CC[C@H]2C3[C@H](O)[C@H](CC)C4CC(=O)CCC4(C)[C@H]3CCC12C)C(=O)OCC. The van der Waals surface area contributed by atoms with E-state index in [-0.39, 0.29) is 47.9 Å². The van der Waals surface area contributed by atoms with Gasteiger partial charge in [0.1, 0.15) is 5.78 Å². The van der Waals surface area contributed by atoms with Crippen LogP contribution in [0.2, 0.25) is 0 Å². The molecule has 6 heteroatoms. The van der Waals surface area contributed by atoms with Crippen molar-refractivity contribution in [2.24, 2.45) is 58.2 Å². The van der Waals surface area contributed by atoms with Crippen molar-refractivity contribution in [1.29, 1.82) is 0 Å². The molecule has 0 saturated heterocycles. The van der Waals surface area contributed by atoms with Crippen LogP contribution in [-0.2, 0) is 23.9 Å². The Kier molecular flexibility index (Phi) is 8.48. The molecule has 0 aromatic heterocycles. The molecule has 4 rings (SSSR count). The molecular formula is C31H50O6. The molecule has 1 N–H and O–H groups in total. The van der Waals surface area contributed by atoms with Gasteiger partial charge in [-0.3, -0.25) is 14.4 Å². The summed E-state index contributed by atoms with van der Waals surface area (Å²) in [6.45, 7) is 13.2. The lowest BCUT2D eigenvalue weighted by Gasteiger charge is -2.64. The maximum atomic E-state index is 12.7. The Morgan fingerprint density at radius 1 is 0.946 bits per heavy atom. The Labute approximate surface area is 223 Å². The number of ketones is 1. The molecule has 0 aliphatic heterocycles. The second-order valence-electron chi connectivity index (χ2n) is 13.2. The van der Waals surface area contributed by atoms with Crippen LogP contribution in [0.5, 0.6) is 0 Å². The van der Waals surface area contributed by atoms with Crippen LogP contribution in [0.15, 0.2) is 0 Å². The van der Waals surface area contributed by atoms with E-state index in [4.69, 9.17) is 9.47 Å². The largest absolute Gasteiger partial charge is 0.465 e. The second-order valence-corrected chi connectivity index (χ2v) is 13.2. The fraction of sp³-hybridized carbons (Fsp3) is 0.903. The first-order chi connectivity index (χ1) is 17.5. The van der Waals surface area contributed by atoms with Crippen molar-refractivity contribution < 1.29 is 29.0 Å². The molecule has 37 heavy (non-hydrogen) atoms. The number of carbonyl (C=O) groups is 3. The smallest absolute Gasteiger partial charge is 0.320 e. The van der Waals surface area contributed by atoms with Gasteiger partial charge in [-0.2, -0.15) is 0 Å². The highest BCUT2D eigenvalue weighted by atomic mass is 16.6. The number of esters is 2. The maximum Gasteiger partial charge on any atom is 0.320 e. The van der Waals surface area contributed by atoms with E-state index in [1.807, 2.05) is 0 Å². The topological polar surface area (TPSA) is 89.9 Å². The lowest BCUT2D eigenvalue weighted by Crippen LogP contribution is -2.62. The molecule has 0 spiro atoms. The van der Waals surface area contributed by atoms with E-state index in [1.165, 1.54) is 0 Å². The van der Waals surface area contributed by atoms with E-state index in [2.05, 4.69) is 27.7 Å². The number of aliphatic hydroxyl groups is 1. The molecule has 6 nitrogen and oxygen atoms in total. The van der Waals surface area contributed by atoms with Crippen molar-refractivity contribution in [1.82, 2.24) is 0 Å². The Morgan fingerprint density at radius 3 is 2.16 bits per heavy atom. The number of hydrogen-bond donors (Lipinski definition) is 1. The number of ether oxygens (including phenoxy) is 2. The Balaban J connectivity index is 1.57. The molecule has 4 saturated carbocycles. The van der Waals surface area contributed by atoms with Gasteiger partial charge in [-0.1, -0.05) is 34.1 Å². The molecule has 0 bridgehead atoms. The van der Waals surface area contributed by atoms with Crippen LogP contribution < -0.4 is 0 Å². The van der Waals surface area contributed by atoms with E-state index >= 15 is 0 Å². The van der Waals surface area contributed by atoms with Gasteiger partial charge >= 0.3 is 11.9 Å². The molecule has 0 aromatic carbocycles. The summed E-state index contributed by atoms with van der Waals surface area (Å²) in [4.78, 5) is 37.8. The average molecular weight is 519 g/mol.